The highest BCUT2D eigenvalue weighted by molar-refractivity contribution is 7.09. The number of carbonyl (C=O) groups is 1. The first-order chi connectivity index (χ1) is 10.5. The molecule has 122 valence electrons. The summed E-state index contributed by atoms with van der Waals surface area (Å²) in [6.45, 7) is 2.98. The highest BCUT2D eigenvalue weighted by atomic mass is 32.1. The molecule has 2 amide bonds. The maximum Gasteiger partial charge on any atom is 0.319 e. The van der Waals surface area contributed by atoms with Gasteiger partial charge in [-0.1, -0.05) is 0 Å². The summed E-state index contributed by atoms with van der Waals surface area (Å²) in [5, 5.41) is 3.54. The second-order valence-electron chi connectivity index (χ2n) is 6.77. The van der Waals surface area contributed by atoms with Crippen molar-refractivity contribution < 1.29 is 4.79 Å². The molecule has 5 nitrogen and oxygen atoms in total. The highest BCUT2D eigenvalue weighted by Gasteiger charge is 2.29. The molecule has 1 saturated heterocycles. The van der Waals surface area contributed by atoms with Gasteiger partial charge in [-0.05, 0) is 32.2 Å². The molecule has 6 heteroatoms. The number of hydrogen-bond acceptors (Lipinski definition) is 4. The van der Waals surface area contributed by atoms with Gasteiger partial charge >= 0.3 is 6.03 Å². The van der Waals surface area contributed by atoms with Gasteiger partial charge in [-0.15, -0.1) is 11.3 Å². The van der Waals surface area contributed by atoms with Gasteiger partial charge in [0.2, 0.25) is 0 Å². The van der Waals surface area contributed by atoms with E-state index in [0.29, 0.717) is 6.04 Å². The van der Waals surface area contributed by atoms with Gasteiger partial charge in [0, 0.05) is 51.6 Å². The third-order valence-electron chi connectivity index (χ3n) is 4.59. The summed E-state index contributed by atoms with van der Waals surface area (Å²) in [6.07, 6.45) is 4.87. The average molecular weight is 322 g/mol. The van der Waals surface area contributed by atoms with Crippen LogP contribution >= 0.6 is 11.3 Å². The Morgan fingerprint density at radius 3 is 2.82 bits per heavy atom. The van der Waals surface area contributed by atoms with Gasteiger partial charge in [-0.2, -0.15) is 0 Å². The van der Waals surface area contributed by atoms with Crippen molar-refractivity contribution >= 4 is 17.4 Å². The lowest BCUT2D eigenvalue weighted by Crippen LogP contribution is -2.50. The molecule has 1 unspecified atom stereocenters. The van der Waals surface area contributed by atoms with Crippen molar-refractivity contribution in [1.29, 1.82) is 0 Å². The van der Waals surface area contributed by atoms with Gasteiger partial charge in [0.15, 0.2) is 0 Å². The quantitative estimate of drug-likeness (QED) is 0.855. The van der Waals surface area contributed by atoms with Crippen molar-refractivity contribution in [2.24, 2.45) is 0 Å². The van der Waals surface area contributed by atoms with Crippen LogP contribution in [0.5, 0.6) is 0 Å². The molecule has 1 aliphatic heterocycles. The molecule has 1 aliphatic carbocycles. The first kappa shape index (κ1) is 15.7. The number of carbonyl (C=O) groups excluding carboxylic acids is 1. The van der Waals surface area contributed by atoms with Crippen molar-refractivity contribution in [1.82, 2.24) is 19.7 Å². The third-order valence-corrected chi connectivity index (χ3v) is 5.65. The minimum absolute atomic E-state index is 0.0940. The molecule has 2 aliphatic rings. The summed E-state index contributed by atoms with van der Waals surface area (Å²) >= 11 is 1.82. The highest BCUT2D eigenvalue weighted by Crippen LogP contribution is 2.41. The topological polar surface area (TPSA) is 39.7 Å². The molecule has 2 heterocycles. The molecule has 1 saturated carbocycles. The van der Waals surface area contributed by atoms with Gasteiger partial charge in [0.05, 0.1) is 10.7 Å². The smallest absolute Gasteiger partial charge is 0.319 e. The van der Waals surface area contributed by atoms with Gasteiger partial charge in [-0.3, -0.25) is 4.90 Å². The van der Waals surface area contributed by atoms with Crippen LogP contribution in [0.15, 0.2) is 5.38 Å². The number of thiazole rings is 1. The van der Waals surface area contributed by atoms with Gasteiger partial charge in [0.25, 0.3) is 0 Å². The molecule has 0 radical (unpaired) electrons. The molecule has 0 spiro atoms. The number of rotatable bonds is 4. The van der Waals surface area contributed by atoms with E-state index in [2.05, 4.69) is 10.3 Å². The SMILES string of the molecule is CN(C)C(=O)N(C)C1CCCN(Cc2csc(C3CC3)n2)C1. The Labute approximate surface area is 136 Å². The van der Waals surface area contributed by atoms with E-state index in [0.717, 1.165) is 38.4 Å². The van der Waals surface area contributed by atoms with E-state index in [9.17, 15) is 4.79 Å². The van der Waals surface area contributed by atoms with Crippen molar-refractivity contribution in [3.63, 3.8) is 0 Å². The van der Waals surface area contributed by atoms with Crippen LogP contribution in [0.2, 0.25) is 0 Å². The summed E-state index contributed by atoms with van der Waals surface area (Å²) in [5.41, 5.74) is 1.20. The van der Waals surface area contributed by atoms with E-state index < -0.39 is 0 Å². The molecule has 1 aromatic heterocycles. The lowest BCUT2D eigenvalue weighted by molar-refractivity contribution is 0.109. The molecular weight excluding hydrogens is 296 g/mol. The number of aromatic nitrogens is 1. The minimum atomic E-state index is 0.0940. The fourth-order valence-corrected chi connectivity index (χ4v) is 4.09. The maximum atomic E-state index is 12.1. The Morgan fingerprint density at radius 2 is 2.14 bits per heavy atom. The standard InChI is InChI=1S/C16H26N4OS/c1-18(2)16(21)19(3)14-5-4-8-20(10-14)9-13-11-22-15(17-13)12-6-7-12/h11-12,14H,4-10H2,1-3H3. The van der Waals surface area contributed by atoms with E-state index in [1.54, 1.807) is 4.90 Å². The van der Waals surface area contributed by atoms with E-state index in [-0.39, 0.29) is 6.03 Å². The van der Waals surface area contributed by atoms with Crippen LogP contribution in [0, 0.1) is 0 Å². The Bertz CT molecular complexity index is 526. The van der Waals surface area contributed by atoms with Gasteiger partial charge in [0.1, 0.15) is 0 Å². The molecule has 0 aromatic carbocycles. The van der Waals surface area contributed by atoms with E-state index >= 15 is 0 Å². The molecule has 0 N–H and O–H groups in total. The summed E-state index contributed by atoms with van der Waals surface area (Å²) in [7, 11) is 5.55. The zero-order valence-corrected chi connectivity index (χ0v) is 14.6. The van der Waals surface area contributed by atoms with E-state index in [1.165, 1.54) is 23.5 Å². The lowest BCUT2D eigenvalue weighted by Gasteiger charge is -2.38. The second kappa shape index (κ2) is 6.54. The second-order valence-corrected chi connectivity index (χ2v) is 7.66. The maximum absolute atomic E-state index is 12.1. The summed E-state index contributed by atoms with van der Waals surface area (Å²) < 4.78 is 0. The van der Waals surface area contributed by atoms with Crippen molar-refractivity contribution in [3.05, 3.63) is 16.1 Å². The zero-order chi connectivity index (χ0) is 15.7. The molecule has 22 heavy (non-hydrogen) atoms. The molecule has 0 bridgehead atoms. The fourth-order valence-electron chi connectivity index (χ4n) is 3.10. The van der Waals surface area contributed by atoms with Gasteiger partial charge in [-0.25, -0.2) is 9.78 Å². The molecule has 2 fully saturated rings. The monoisotopic (exact) mass is 322 g/mol. The number of amides is 2. The number of urea groups is 1. The third kappa shape index (κ3) is 3.60. The first-order valence-electron chi connectivity index (χ1n) is 8.15. The largest absolute Gasteiger partial charge is 0.331 e. The van der Waals surface area contributed by atoms with Crippen LogP contribution in [0.1, 0.15) is 42.3 Å². The Balaban J connectivity index is 1.56. The van der Waals surface area contributed by atoms with Crippen LogP contribution < -0.4 is 0 Å². The van der Waals surface area contributed by atoms with Crippen LogP contribution in [0.4, 0.5) is 4.79 Å². The number of likely N-dealkylation sites (tertiary alicyclic amines) is 1. The van der Waals surface area contributed by atoms with Crippen LogP contribution in [0.3, 0.4) is 0 Å². The molecule has 1 aromatic rings. The predicted octanol–water partition coefficient (Wildman–Crippen LogP) is 2.60. The van der Waals surface area contributed by atoms with Gasteiger partial charge < -0.3 is 9.80 Å². The number of hydrogen-bond donors (Lipinski definition) is 0. The van der Waals surface area contributed by atoms with Crippen molar-refractivity contribution in [2.45, 2.75) is 44.2 Å². The average Bonchev–Trinajstić information content (AvgIpc) is 3.26. The van der Waals surface area contributed by atoms with Crippen molar-refractivity contribution in [3.8, 4) is 0 Å². The number of piperidine rings is 1. The lowest BCUT2D eigenvalue weighted by atomic mass is 10.0. The summed E-state index contributed by atoms with van der Waals surface area (Å²) in [4.78, 5) is 22.9. The fraction of sp³-hybridized carbons (Fsp3) is 0.750. The Kier molecular flexibility index (Phi) is 4.68. The van der Waals surface area contributed by atoms with Crippen LogP contribution in [0.25, 0.3) is 0 Å². The Morgan fingerprint density at radius 1 is 1.36 bits per heavy atom. The number of nitrogens with zero attached hydrogens (tertiary/aromatic N) is 4. The van der Waals surface area contributed by atoms with E-state index in [1.807, 2.05) is 37.4 Å². The van der Waals surface area contributed by atoms with E-state index in [4.69, 9.17) is 4.98 Å². The normalized spacial score (nSPS) is 22.6. The molecular formula is C16H26N4OS. The number of likely N-dealkylation sites (N-methyl/N-ethyl adjacent to an activating group) is 1. The first-order valence-corrected chi connectivity index (χ1v) is 9.03. The molecule has 1 atom stereocenters. The summed E-state index contributed by atoms with van der Waals surface area (Å²) in [6, 6.07) is 0.404. The minimum Gasteiger partial charge on any atom is -0.331 e. The predicted molar refractivity (Wildman–Crippen MR) is 89.2 cm³/mol. The zero-order valence-electron chi connectivity index (χ0n) is 13.8. The van der Waals surface area contributed by atoms with Crippen LogP contribution in [-0.2, 0) is 6.54 Å². The molecule has 3 rings (SSSR count). The summed E-state index contributed by atoms with van der Waals surface area (Å²) in [5.74, 6) is 0.747. The van der Waals surface area contributed by atoms with Crippen molar-refractivity contribution in [2.75, 3.05) is 34.2 Å². The van der Waals surface area contributed by atoms with Crippen LogP contribution in [-0.4, -0.2) is 66.0 Å². The Hall–Kier alpha value is -1.14.